The van der Waals surface area contributed by atoms with Gasteiger partial charge in [-0.2, -0.15) is 11.5 Å². The van der Waals surface area contributed by atoms with Crippen LogP contribution in [0.5, 0.6) is 0 Å². The summed E-state index contributed by atoms with van der Waals surface area (Å²) in [4.78, 5) is 0. The van der Waals surface area contributed by atoms with Crippen LogP contribution in [0.15, 0.2) is 66.7 Å². The molecule has 0 saturated heterocycles. The zero-order valence-corrected chi connectivity index (χ0v) is 18.0. The predicted molar refractivity (Wildman–Crippen MR) is 87.4 cm³/mol. The molecule has 0 aliphatic carbocycles. The third-order valence-electron chi connectivity index (χ3n) is 4.37. The van der Waals surface area contributed by atoms with Gasteiger partial charge in [0.15, 0.2) is 0 Å². The maximum atomic E-state index is 2.48. The van der Waals surface area contributed by atoms with Crippen LogP contribution in [-0.4, -0.2) is 8.07 Å². The number of hydrogen-bond donors (Lipinski definition) is 0. The third-order valence-corrected chi connectivity index (χ3v) is 8.96. The summed E-state index contributed by atoms with van der Waals surface area (Å²) >= 11 is 0. The molecule has 3 aromatic carbocycles. The molecule has 5 heteroatoms. The second kappa shape index (κ2) is 10.7. The first-order chi connectivity index (χ1) is 9.24. The molecule has 0 bridgehead atoms. The average molecular weight is 418 g/mol. The van der Waals surface area contributed by atoms with Gasteiger partial charge in [0.2, 0.25) is 0 Å². The van der Waals surface area contributed by atoms with Crippen molar-refractivity contribution in [2.75, 3.05) is 0 Å². The largest absolute Gasteiger partial charge is 4.00 e. The Morgan fingerprint density at radius 1 is 0.870 bits per heavy atom. The fraction of sp³-hybridized carbons (Fsp3) is 0.167. The van der Waals surface area contributed by atoms with Gasteiger partial charge < -0.3 is 37.2 Å². The van der Waals surface area contributed by atoms with Crippen LogP contribution < -0.4 is 47.6 Å². The van der Waals surface area contributed by atoms with Gasteiger partial charge in [-0.15, -0.1) is 34.8 Å². The molecule has 3 rings (SSSR count). The van der Waals surface area contributed by atoms with Crippen molar-refractivity contribution in [1.82, 2.24) is 0 Å². The van der Waals surface area contributed by atoms with Gasteiger partial charge in [0.25, 0.3) is 0 Å². The van der Waals surface area contributed by atoms with E-state index in [4.69, 9.17) is 0 Å². The Labute approximate surface area is 173 Å². The van der Waals surface area contributed by atoms with Crippen LogP contribution in [0.4, 0.5) is 0 Å². The zero-order valence-electron chi connectivity index (χ0n) is 13.2. The second-order valence-electron chi connectivity index (χ2n) is 5.42. The molecule has 0 fully saturated rings. The Hall–Kier alpha value is -0.149. The van der Waals surface area contributed by atoms with Crippen molar-refractivity contribution in [2.45, 2.75) is 19.5 Å². The summed E-state index contributed by atoms with van der Waals surface area (Å²) in [6, 6.07) is 25.8. The quantitative estimate of drug-likeness (QED) is 0.295. The minimum atomic E-state index is -1.56. The minimum Gasteiger partial charge on any atom is -1.00 e. The molecule has 0 heterocycles. The summed E-state index contributed by atoms with van der Waals surface area (Å²) in [5.41, 5.74) is 0. The van der Waals surface area contributed by atoms with E-state index in [1.54, 1.807) is 5.19 Å². The van der Waals surface area contributed by atoms with Crippen molar-refractivity contribution in [3.05, 3.63) is 66.7 Å². The predicted octanol–water partition coefficient (Wildman–Crippen LogP) is -5.22. The molecule has 120 valence electrons. The van der Waals surface area contributed by atoms with Crippen LogP contribution in [0.3, 0.4) is 0 Å². The Bertz CT molecular complexity index is 667. The number of hydrogen-bond acceptors (Lipinski definition) is 0. The van der Waals surface area contributed by atoms with Crippen LogP contribution in [0.2, 0.25) is 12.6 Å². The van der Waals surface area contributed by atoms with Crippen molar-refractivity contribution >= 4 is 29.2 Å². The molecular weight excluding hydrogens is 399 g/mol. The molecule has 1 atom stereocenters. The Kier molecular flexibility index (Phi) is 11.6. The topological polar surface area (TPSA) is 0 Å². The van der Waals surface area contributed by atoms with Gasteiger partial charge >= 0.3 is 21.7 Å². The van der Waals surface area contributed by atoms with E-state index in [0.29, 0.717) is 0 Å². The van der Waals surface area contributed by atoms with E-state index in [-0.39, 0.29) is 58.9 Å². The first-order valence-corrected chi connectivity index (χ1v) is 9.66. The standard InChI is InChI=1S/C18H19Si.3ClH.Ti/c1-3-19(2,17-11-5-4-6-12-17)18-13-15-9-7-8-10-16(15)14-18;;;;/h4-14H,3H2,1-2H3;3*1H;/q-1;;;;+4/p-3. The smallest absolute Gasteiger partial charge is 1.00 e. The van der Waals surface area contributed by atoms with Crippen LogP contribution in [-0.2, 0) is 21.7 Å². The minimum absolute atomic E-state index is 0. The number of fused-ring (bicyclic) bond motifs is 1. The van der Waals surface area contributed by atoms with E-state index < -0.39 is 8.07 Å². The van der Waals surface area contributed by atoms with E-state index in [2.05, 4.69) is 80.2 Å². The number of benzene rings is 2. The molecule has 0 aliphatic rings. The number of halogens is 3. The van der Waals surface area contributed by atoms with E-state index in [0.717, 1.165) is 0 Å². The van der Waals surface area contributed by atoms with E-state index in [9.17, 15) is 0 Å². The molecule has 0 aromatic heterocycles. The molecular formula is C18H19Cl3SiTi. The van der Waals surface area contributed by atoms with E-state index in [1.165, 1.54) is 22.0 Å². The normalized spacial score (nSPS) is 11.9. The number of rotatable bonds is 3. The average Bonchev–Trinajstić information content (AvgIpc) is 2.92. The van der Waals surface area contributed by atoms with Gasteiger partial charge in [0.1, 0.15) is 0 Å². The molecule has 1 unspecified atom stereocenters. The van der Waals surface area contributed by atoms with E-state index >= 15 is 0 Å². The van der Waals surface area contributed by atoms with Crippen LogP contribution in [0, 0.1) is 0 Å². The Morgan fingerprint density at radius 2 is 1.43 bits per heavy atom. The third kappa shape index (κ3) is 4.92. The SMILES string of the molecule is CC[Si](C)(c1ccccc1)c1cc2ccccc2[cH-]1.[Cl-].[Cl-].[Cl-].[Ti+4]. The van der Waals surface area contributed by atoms with Crippen molar-refractivity contribution < 1.29 is 58.9 Å². The molecule has 0 nitrogen and oxygen atoms in total. The first kappa shape index (κ1) is 25.1. The summed E-state index contributed by atoms with van der Waals surface area (Å²) in [7, 11) is -1.56. The van der Waals surface area contributed by atoms with Crippen LogP contribution in [0.25, 0.3) is 10.8 Å². The zero-order chi connectivity index (χ0) is 13.3. The molecule has 0 amide bonds. The molecule has 3 aromatic rings. The van der Waals surface area contributed by atoms with Gasteiger partial charge in [0, 0.05) is 0 Å². The van der Waals surface area contributed by atoms with Gasteiger partial charge in [-0.25, -0.2) is 0 Å². The summed E-state index contributed by atoms with van der Waals surface area (Å²) in [6.07, 6.45) is 0. The summed E-state index contributed by atoms with van der Waals surface area (Å²) in [5, 5.41) is 5.84. The first-order valence-electron chi connectivity index (χ1n) is 6.95. The van der Waals surface area contributed by atoms with Crippen LogP contribution >= 0.6 is 0 Å². The summed E-state index contributed by atoms with van der Waals surface area (Å²) in [5.74, 6) is 0. The van der Waals surface area contributed by atoms with Crippen molar-refractivity contribution in [3.63, 3.8) is 0 Å². The van der Waals surface area contributed by atoms with Gasteiger partial charge in [-0.3, -0.25) is 0 Å². The van der Waals surface area contributed by atoms with Crippen molar-refractivity contribution in [2.24, 2.45) is 0 Å². The van der Waals surface area contributed by atoms with Crippen molar-refractivity contribution in [1.29, 1.82) is 0 Å². The molecule has 0 aliphatic heterocycles. The summed E-state index contributed by atoms with van der Waals surface area (Å²) in [6.45, 7) is 4.81. The van der Waals surface area contributed by atoms with Crippen LogP contribution in [0.1, 0.15) is 6.92 Å². The summed E-state index contributed by atoms with van der Waals surface area (Å²) < 4.78 is 0. The van der Waals surface area contributed by atoms with E-state index in [1.807, 2.05) is 0 Å². The molecule has 23 heavy (non-hydrogen) atoms. The molecule has 0 radical (unpaired) electrons. The van der Waals surface area contributed by atoms with Gasteiger partial charge in [-0.05, 0) is 0 Å². The second-order valence-corrected chi connectivity index (χ2v) is 9.95. The maximum absolute atomic E-state index is 2.48. The van der Waals surface area contributed by atoms with Crippen molar-refractivity contribution in [3.8, 4) is 0 Å². The maximum Gasteiger partial charge on any atom is 4.00 e. The Morgan fingerprint density at radius 3 is 2.00 bits per heavy atom. The fourth-order valence-electron chi connectivity index (χ4n) is 2.85. The molecule has 0 spiro atoms. The molecule has 0 N–H and O–H groups in total. The monoisotopic (exact) mass is 416 g/mol. The van der Waals surface area contributed by atoms with Gasteiger partial charge in [-0.1, -0.05) is 61.1 Å². The fourth-order valence-corrected chi connectivity index (χ4v) is 5.88. The van der Waals surface area contributed by atoms with Gasteiger partial charge in [0.05, 0.1) is 8.07 Å². The molecule has 0 saturated carbocycles. The Balaban J connectivity index is 0.